The number of aryl methyl sites for hydroxylation is 1. The molecule has 1 amide bonds. The van der Waals surface area contributed by atoms with Crippen LogP contribution in [0.25, 0.3) is 11.1 Å². The Balaban J connectivity index is 1.53. The number of ether oxygens (including phenoxy) is 2. The number of benzene rings is 1. The fourth-order valence-electron chi connectivity index (χ4n) is 3.90. The molecule has 0 spiro atoms. The van der Waals surface area contributed by atoms with Crippen molar-refractivity contribution in [2.75, 3.05) is 26.9 Å². The van der Waals surface area contributed by atoms with E-state index >= 15 is 0 Å². The largest absolute Gasteiger partial charge is 0.462 e. The number of hydrogen-bond acceptors (Lipinski definition) is 5. The van der Waals surface area contributed by atoms with Gasteiger partial charge in [0.2, 0.25) is 0 Å². The number of nitrogens with zero attached hydrogens (tertiary/aromatic N) is 1. The quantitative estimate of drug-likeness (QED) is 0.550. The molecule has 0 bridgehead atoms. The minimum Gasteiger partial charge on any atom is -0.462 e. The normalized spacial score (nSPS) is 14.8. The maximum absolute atomic E-state index is 14.6. The van der Waals surface area contributed by atoms with Gasteiger partial charge >= 0.3 is 0 Å². The molecule has 0 saturated carbocycles. The molecule has 4 rings (SSSR count). The van der Waals surface area contributed by atoms with Crippen LogP contribution in [0, 0.1) is 5.82 Å². The summed E-state index contributed by atoms with van der Waals surface area (Å²) >= 11 is 0. The Bertz CT molecular complexity index is 1040. The molecule has 1 aliphatic heterocycles. The van der Waals surface area contributed by atoms with Gasteiger partial charge in [-0.25, -0.2) is 9.37 Å². The number of rotatable bonds is 8. The van der Waals surface area contributed by atoms with Gasteiger partial charge in [0.05, 0.1) is 6.26 Å². The van der Waals surface area contributed by atoms with E-state index in [2.05, 4.69) is 10.3 Å². The van der Waals surface area contributed by atoms with Gasteiger partial charge in [-0.1, -0.05) is 12.1 Å². The molecule has 1 aromatic carbocycles. The lowest BCUT2D eigenvalue weighted by Crippen LogP contribution is -2.39. The van der Waals surface area contributed by atoms with E-state index in [-0.39, 0.29) is 17.8 Å². The molecule has 31 heavy (non-hydrogen) atoms. The molecule has 3 aromatic rings. The minimum atomic E-state index is -0.226. The van der Waals surface area contributed by atoms with Crippen molar-refractivity contribution in [2.45, 2.75) is 38.1 Å². The number of hydrogen-bond donors (Lipinski definition) is 1. The average Bonchev–Trinajstić information content (AvgIpc) is 3.25. The van der Waals surface area contributed by atoms with Gasteiger partial charge in [0.1, 0.15) is 17.0 Å². The van der Waals surface area contributed by atoms with Gasteiger partial charge in [0.25, 0.3) is 5.91 Å². The molecule has 6 nitrogen and oxygen atoms in total. The second-order valence-electron chi connectivity index (χ2n) is 7.86. The number of halogens is 1. The van der Waals surface area contributed by atoms with Crippen molar-refractivity contribution in [3.8, 4) is 0 Å². The average molecular weight is 426 g/mol. The van der Waals surface area contributed by atoms with Gasteiger partial charge in [0, 0.05) is 51.0 Å². The molecule has 1 fully saturated rings. The second kappa shape index (κ2) is 10.0. The number of nitrogens with one attached hydrogen (secondary N) is 1. The van der Waals surface area contributed by atoms with Gasteiger partial charge in [-0.3, -0.25) is 4.79 Å². The topological polar surface area (TPSA) is 73.6 Å². The predicted octanol–water partition coefficient (Wildman–Crippen LogP) is 4.05. The van der Waals surface area contributed by atoms with Crippen LogP contribution in [0.4, 0.5) is 4.39 Å². The first kappa shape index (κ1) is 21.5. The van der Waals surface area contributed by atoms with Crippen LogP contribution in [0.15, 0.2) is 41.0 Å². The minimum absolute atomic E-state index is 0.0892. The van der Waals surface area contributed by atoms with E-state index < -0.39 is 0 Å². The maximum Gasteiger partial charge on any atom is 0.270 e. The molecule has 2 aromatic heterocycles. The number of methoxy groups -OCH3 is 1. The summed E-state index contributed by atoms with van der Waals surface area (Å²) in [5.74, 6) is -0.438. The van der Waals surface area contributed by atoms with Crippen molar-refractivity contribution in [1.82, 2.24) is 10.3 Å². The van der Waals surface area contributed by atoms with E-state index in [1.807, 2.05) is 12.1 Å². The standard InChI is InChI=1S/C24H27FN2O4/c1-29-9-2-3-17-5-4-16(14-20(17)25)13-18-15-22(27-21-8-12-31-23(18)21)24(28)26-19-6-10-30-11-7-19/h4-5,8,12,14-15,19H,2-3,6-7,9-11,13H2,1H3,(H,26,28). The molecular weight excluding hydrogens is 399 g/mol. The van der Waals surface area contributed by atoms with Crippen molar-refractivity contribution in [3.05, 3.63) is 64.8 Å². The lowest BCUT2D eigenvalue weighted by Gasteiger charge is -2.23. The summed E-state index contributed by atoms with van der Waals surface area (Å²) in [6.45, 7) is 1.91. The smallest absolute Gasteiger partial charge is 0.270 e. The van der Waals surface area contributed by atoms with Crippen LogP contribution in [-0.2, 0) is 22.3 Å². The first-order valence-electron chi connectivity index (χ1n) is 10.7. The van der Waals surface area contributed by atoms with E-state index in [1.54, 1.807) is 31.6 Å². The third-order valence-electron chi connectivity index (χ3n) is 5.58. The number of furan rings is 1. The van der Waals surface area contributed by atoms with Crippen molar-refractivity contribution in [3.63, 3.8) is 0 Å². The van der Waals surface area contributed by atoms with Crippen molar-refractivity contribution < 1.29 is 23.1 Å². The molecule has 0 aliphatic carbocycles. The maximum atomic E-state index is 14.6. The summed E-state index contributed by atoms with van der Waals surface area (Å²) in [6, 6.07) is 8.86. The number of carbonyl (C=O) groups is 1. The molecule has 7 heteroatoms. The lowest BCUT2D eigenvalue weighted by atomic mass is 10.0. The molecule has 164 valence electrons. The Kier molecular flexibility index (Phi) is 6.94. The summed E-state index contributed by atoms with van der Waals surface area (Å²) in [4.78, 5) is 17.2. The van der Waals surface area contributed by atoms with Crippen molar-refractivity contribution in [2.24, 2.45) is 0 Å². The molecule has 3 heterocycles. The SMILES string of the molecule is COCCCc1ccc(Cc2cc(C(=O)NC3CCOCC3)nc3ccoc23)cc1F. The van der Waals surface area contributed by atoms with Crippen LogP contribution in [-0.4, -0.2) is 43.9 Å². The van der Waals surface area contributed by atoms with E-state index in [1.165, 1.54) is 0 Å². The van der Waals surface area contributed by atoms with E-state index in [4.69, 9.17) is 13.9 Å². The van der Waals surface area contributed by atoms with Gasteiger partial charge in [-0.05, 0) is 48.9 Å². The highest BCUT2D eigenvalue weighted by atomic mass is 19.1. The number of aromatic nitrogens is 1. The van der Waals surface area contributed by atoms with Crippen LogP contribution < -0.4 is 5.32 Å². The Labute approximate surface area is 180 Å². The van der Waals surface area contributed by atoms with Gasteiger partial charge in [0.15, 0.2) is 5.58 Å². The number of pyridine rings is 1. The van der Waals surface area contributed by atoms with E-state index in [0.29, 0.717) is 55.0 Å². The number of carbonyl (C=O) groups excluding carboxylic acids is 1. The Hall–Kier alpha value is -2.77. The van der Waals surface area contributed by atoms with Gasteiger partial charge in [-0.2, -0.15) is 0 Å². The molecule has 1 aliphatic rings. The summed E-state index contributed by atoms with van der Waals surface area (Å²) in [6.07, 6.45) is 5.00. The van der Waals surface area contributed by atoms with E-state index in [0.717, 1.165) is 30.4 Å². The highest BCUT2D eigenvalue weighted by Crippen LogP contribution is 2.24. The predicted molar refractivity (Wildman–Crippen MR) is 115 cm³/mol. The van der Waals surface area contributed by atoms with Crippen LogP contribution in [0.5, 0.6) is 0 Å². The molecule has 0 radical (unpaired) electrons. The van der Waals surface area contributed by atoms with Crippen LogP contribution in [0.2, 0.25) is 0 Å². The highest BCUT2D eigenvalue weighted by molar-refractivity contribution is 5.95. The van der Waals surface area contributed by atoms with Crippen molar-refractivity contribution >= 4 is 17.0 Å². The molecule has 0 unspecified atom stereocenters. The van der Waals surface area contributed by atoms with Crippen LogP contribution >= 0.6 is 0 Å². The Morgan fingerprint density at radius 3 is 2.84 bits per heavy atom. The zero-order valence-corrected chi connectivity index (χ0v) is 17.7. The zero-order chi connectivity index (χ0) is 21.6. The molecular formula is C24H27FN2O4. The fourth-order valence-corrected chi connectivity index (χ4v) is 3.90. The van der Waals surface area contributed by atoms with Gasteiger partial charge in [-0.15, -0.1) is 0 Å². The Morgan fingerprint density at radius 2 is 2.06 bits per heavy atom. The monoisotopic (exact) mass is 426 g/mol. The lowest BCUT2D eigenvalue weighted by molar-refractivity contribution is 0.0694. The second-order valence-corrected chi connectivity index (χ2v) is 7.86. The fraction of sp³-hybridized carbons (Fsp3) is 0.417. The summed E-state index contributed by atoms with van der Waals surface area (Å²) in [7, 11) is 1.64. The van der Waals surface area contributed by atoms with Crippen LogP contribution in [0.1, 0.15) is 46.4 Å². The Morgan fingerprint density at radius 1 is 1.23 bits per heavy atom. The highest BCUT2D eigenvalue weighted by Gasteiger charge is 2.20. The molecule has 0 atom stereocenters. The molecule has 1 N–H and O–H groups in total. The summed E-state index contributed by atoms with van der Waals surface area (Å²) < 4.78 is 30.5. The van der Waals surface area contributed by atoms with E-state index in [9.17, 15) is 9.18 Å². The zero-order valence-electron chi connectivity index (χ0n) is 17.7. The first-order chi connectivity index (χ1) is 15.1. The number of fused-ring (bicyclic) bond motifs is 1. The third kappa shape index (κ3) is 5.29. The third-order valence-corrected chi connectivity index (χ3v) is 5.58. The van der Waals surface area contributed by atoms with Crippen LogP contribution in [0.3, 0.4) is 0 Å². The first-order valence-corrected chi connectivity index (χ1v) is 10.7. The molecule has 1 saturated heterocycles. The van der Waals surface area contributed by atoms with Crippen molar-refractivity contribution in [1.29, 1.82) is 0 Å². The number of amides is 1. The summed E-state index contributed by atoms with van der Waals surface area (Å²) in [5, 5.41) is 3.04. The van der Waals surface area contributed by atoms with Gasteiger partial charge < -0.3 is 19.2 Å². The summed E-state index contributed by atoms with van der Waals surface area (Å²) in [5.41, 5.74) is 3.87.